The highest BCUT2D eigenvalue weighted by molar-refractivity contribution is 5.77. The topological polar surface area (TPSA) is 92.1 Å². The Morgan fingerprint density at radius 2 is 2.00 bits per heavy atom. The van der Waals surface area contributed by atoms with Crippen LogP contribution in [0.25, 0.3) is 0 Å². The maximum Gasteiger partial charge on any atom is 0.315 e. The zero-order chi connectivity index (χ0) is 15.2. The van der Waals surface area contributed by atoms with Gasteiger partial charge in [0.2, 0.25) is 11.8 Å². The first-order chi connectivity index (χ1) is 9.26. The van der Waals surface area contributed by atoms with Gasteiger partial charge in [0.05, 0.1) is 6.54 Å². The second-order valence-electron chi connectivity index (χ2n) is 6.01. The summed E-state index contributed by atoms with van der Waals surface area (Å²) in [5.74, 6) is 0.520. The summed E-state index contributed by atoms with van der Waals surface area (Å²) in [4.78, 5) is 11.6. The molecule has 1 aromatic heterocycles. The summed E-state index contributed by atoms with van der Waals surface area (Å²) in [7, 11) is 0. The second kappa shape index (κ2) is 7.23. The first kappa shape index (κ1) is 16.4. The Kier molecular flexibility index (Phi) is 5.94. The van der Waals surface area contributed by atoms with E-state index in [-0.39, 0.29) is 11.4 Å². The molecule has 3 N–H and O–H groups in total. The number of nitrogens with zero attached hydrogens (tertiary/aromatic N) is 2. The maximum atomic E-state index is 11.6. The molecule has 0 aliphatic carbocycles. The van der Waals surface area contributed by atoms with Gasteiger partial charge in [-0.15, -0.1) is 5.10 Å². The van der Waals surface area contributed by atoms with Crippen molar-refractivity contribution in [2.45, 2.75) is 59.2 Å². The van der Waals surface area contributed by atoms with Gasteiger partial charge in [-0.1, -0.05) is 18.9 Å². The molecule has 0 unspecified atom stereocenters. The van der Waals surface area contributed by atoms with Crippen LogP contribution in [0.1, 0.15) is 46.9 Å². The zero-order valence-corrected chi connectivity index (χ0v) is 12.9. The largest absolute Gasteiger partial charge is 0.407 e. The predicted molar refractivity (Wildman–Crippen MR) is 77.3 cm³/mol. The van der Waals surface area contributed by atoms with Gasteiger partial charge in [0, 0.05) is 24.5 Å². The molecule has 1 aromatic rings. The molecule has 0 saturated carbocycles. The lowest BCUT2D eigenvalue weighted by molar-refractivity contribution is -0.122. The Bertz CT molecular complexity index is 423. The van der Waals surface area contributed by atoms with E-state index in [9.17, 15) is 4.79 Å². The quantitative estimate of drug-likeness (QED) is 0.698. The fraction of sp³-hybridized carbons (Fsp3) is 0.769. The van der Waals surface area contributed by atoms with Crippen LogP contribution in [0.5, 0.6) is 0 Å². The van der Waals surface area contributed by atoms with Crippen molar-refractivity contribution < 1.29 is 9.21 Å². The first-order valence-electron chi connectivity index (χ1n) is 6.87. The summed E-state index contributed by atoms with van der Waals surface area (Å²) in [6, 6.07) is 0.702. The van der Waals surface area contributed by atoms with E-state index in [0.717, 1.165) is 0 Å². The van der Waals surface area contributed by atoms with Crippen LogP contribution in [-0.4, -0.2) is 34.2 Å². The Labute approximate surface area is 119 Å². The van der Waals surface area contributed by atoms with Crippen molar-refractivity contribution in [1.29, 1.82) is 0 Å². The van der Waals surface area contributed by atoms with Crippen LogP contribution in [0.4, 0.5) is 6.01 Å². The highest BCUT2D eigenvalue weighted by atomic mass is 16.4. The van der Waals surface area contributed by atoms with Crippen LogP contribution < -0.4 is 16.0 Å². The second-order valence-corrected chi connectivity index (χ2v) is 6.01. The van der Waals surface area contributed by atoms with E-state index in [1.54, 1.807) is 0 Å². The lowest BCUT2D eigenvalue weighted by Gasteiger charge is -2.20. The average Bonchev–Trinajstić information content (AvgIpc) is 2.72. The summed E-state index contributed by atoms with van der Waals surface area (Å²) < 4.78 is 5.39. The van der Waals surface area contributed by atoms with Gasteiger partial charge in [0.25, 0.3) is 0 Å². The molecule has 0 bridgehead atoms. The fourth-order valence-corrected chi connectivity index (χ4v) is 1.45. The molecule has 20 heavy (non-hydrogen) atoms. The number of aromatic nitrogens is 2. The third-order valence-corrected chi connectivity index (χ3v) is 2.27. The number of rotatable bonds is 7. The monoisotopic (exact) mass is 283 g/mol. The van der Waals surface area contributed by atoms with E-state index >= 15 is 0 Å². The summed E-state index contributed by atoms with van der Waals surface area (Å²) in [5, 5.41) is 16.8. The van der Waals surface area contributed by atoms with Gasteiger partial charge in [0.15, 0.2) is 0 Å². The SMILES string of the molecule is CC(C)NCc1nnc(NCCC(=O)NC(C)(C)C)o1. The Morgan fingerprint density at radius 3 is 2.60 bits per heavy atom. The number of amides is 1. The van der Waals surface area contributed by atoms with Gasteiger partial charge in [-0.25, -0.2) is 0 Å². The number of nitrogens with one attached hydrogen (secondary N) is 3. The summed E-state index contributed by atoms with van der Waals surface area (Å²) in [6.45, 7) is 10.9. The smallest absolute Gasteiger partial charge is 0.315 e. The van der Waals surface area contributed by atoms with Crippen molar-refractivity contribution in [3.63, 3.8) is 0 Å². The van der Waals surface area contributed by atoms with Crippen molar-refractivity contribution in [3.8, 4) is 0 Å². The minimum Gasteiger partial charge on any atom is -0.407 e. The average molecular weight is 283 g/mol. The van der Waals surface area contributed by atoms with E-state index in [1.165, 1.54) is 0 Å². The third-order valence-electron chi connectivity index (χ3n) is 2.27. The summed E-state index contributed by atoms with van der Waals surface area (Å²) >= 11 is 0. The van der Waals surface area contributed by atoms with Crippen LogP contribution in [0, 0.1) is 0 Å². The standard InChI is InChI=1S/C13H25N5O2/c1-9(2)15-8-11-17-18-12(20-11)14-7-6-10(19)16-13(3,4)5/h9,15H,6-8H2,1-5H3,(H,14,18)(H,16,19). The van der Waals surface area contributed by atoms with Gasteiger partial charge in [-0.3, -0.25) is 4.79 Å². The van der Waals surface area contributed by atoms with Gasteiger partial charge < -0.3 is 20.4 Å². The van der Waals surface area contributed by atoms with Crippen LogP contribution >= 0.6 is 0 Å². The molecule has 0 fully saturated rings. The zero-order valence-electron chi connectivity index (χ0n) is 12.9. The molecule has 0 atom stereocenters. The summed E-state index contributed by atoms with van der Waals surface area (Å²) in [6.07, 6.45) is 0.360. The molecule has 1 rings (SSSR count). The lowest BCUT2D eigenvalue weighted by atomic mass is 10.1. The number of carbonyl (C=O) groups excluding carboxylic acids is 1. The number of hydrogen-bond acceptors (Lipinski definition) is 6. The van der Waals surface area contributed by atoms with Crippen molar-refractivity contribution in [2.24, 2.45) is 0 Å². The highest BCUT2D eigenvalue weighted by Gasteiger charge is 2.13. The van der Waals surface area contributed by atoms with Gasteiger partial charge in [0.1, 0.15) is 0 Å². The van der Waals surface area contributed by atoms with Gasteiger partial charge in [-0.2, -0.15) is 0 Å². The van der Waals surface area contributed by atoms with Crippen molar-refractivity contribution >= 4 is 11.9 Å². The molecule has 1 amide bonds. The molecule has 0 radical (unpaired) electrons. The number of hydrogen-bond donors (Lipinski definition) is 3. The molecule has 0 aromatic carbocycles. The summed E-state index contributed by atoms with van der Waals surface area (Å²) in [5.41, 5.74) is -0.211. The maximum absolute atomic E-state index is 11.6. The van der Waals surface area contributed by atoms with E-state index in [0.29, 0.717) is 37.5 Å². The molecular formula is C13H25N5O2. The van der Waals surface area contributed by atoms with E-state index in [1.807, 2.05) is 34.6 Å². The Balaban J connectivity index is 2.27. The van der Waals surface area contributed by atoms with E-state index < -0.39 is 0 Å². The molecule has 0 aliphatic heterocycles. The Morgan fingerprint density at radius 1 is 1.30 bits per heavy atom. The third kappa shape index (κ3) is 7.08. The van der Waals surface area contributed by atoms with Crippen molar-refractivity contribution in [1.82, 2.24) is 20.8 Å². The predicted octanol–water partition coefficient (Wildman–Crippen LogP) is 1.28. The number of anilines is 1. The number of carbonyl (C=O) groups is 1. The normalized spacial score (nSPS) is 11.7. The molecule has 114 valence electrons. The van der Waals surface area contributed by atoms with E-state index in [2.05, 4.69) is 26.1 Å². The van der Waals surface area contributed by atoms with Crippen LogP contribution in [-0.2, 0) is 11.3 Å². The molecule has 0 spiro atoms. The minimum atomic E-state index is -0.211. The van der Waals surface area contributed by atoms with Crippen molar-refractivity contribution in [3.05, 3.63) is 5.89 Å². The molecule has 0 aliphatic rings. The lowest BCUT2D eigenvalue weighted by Crippen LogP contribution is -2.41. The van der Waals surface area contributed by atoms with Crippen LogP contribution in [0.15, 0.2) is 4.42 Å². The van der Waals surface area contributed by atoms with Gasteiger partial charge in [-0.05, 0) is 20.8 Å². The van der Waals surface area contributed by atoms with Crippen molar-refractivity contribution in [2.75, 3.05) is 11.9 Å². The highest BCUT2D eigenvalue weighted by Crippen LogP contribution is 2.05. The molecule has 7 nitrogen and oxygen atoms in total. The van der Waals surface area contributed by atoms with Gasteiger partial charge >= 0.3 is 6.01 Å². The fourth-order valence-electron chi connectivity index (χ4n) is 1.45. The minimum absolute atomic E-state index is 0.00814. The first-order valence-corrected chi connectivity index (χ1v) is 6.87. The molecule has 1 heterocycles. The van der Waals surface area contributed by atoms with Crippen LogP contribution in [0.2, 0.25) is 0 Å². The van der Waals surface area contributed by atoms with E-state index in [4.69, 9.17) is 4.42 Å². The molecule has 7 heteroatoms. The Hall–Kier alpha value is -1.63. The molecular weight excluding hydrogens is 258 g/mol. The van der Waals surface area contributed by atoms with Crippen LogP contribution in [0.3, 0.4) is 0 Å². The molecule has 0 saturated heterocycles.